The van der Waals surface area contributed by atoms with Crippen LogP contribution in [-0.2, 0) is 142 Å². The molecule has 5 aromatic rings. The number of phenols is 1. The Bertz CT molecular complexity index is 5670. The molecule has 13 amide bonds. The lowest BCUT2D eigenvalue weighted by molar-refractivity contribution is -0.142. The predicted molar refractivity (Wildman–Crippen MR) is 549 cm³/mol. The second-order valence-electron chi connectivity index (χ2n) is 38.4. The number of phenolic OH excluding ortho intramolecular Hbond substituents is 1. The SMILES string of the molecule is CC[C@@H]1NC(=O)[C@@H]2CSCc3cc(cc(c3)CSC[C@H](CC(=O)CN3CCN(CC(=O)O)CCN(CC(=O)O)CCN(CC(=O)O)CC3)C(=O)N[C@H](C)C(=O)N[C@@H](CC(N)=O)C(=O)N[C@@H](CCC(=O)O)C(=O)C[C@@H](Cc3cccc4ccccc34)C(=O)N[C@H](C)C(=O)N2)CSC[C@@H](C(N)=O)CC(=O)[C@H](C(C)(C)C)NC(=O)[C@H](CC(=O)O)NC(=O)[C@H](Cc2ccc(O)cc2)NC(=O)C(Cc2ccccc2)NC(=O)[C@H](CC(=O)O)NC1=O. The largest absolute Gasteiger partial charge is 0.508 e. The third-order valence-electron chi connectivity index (χ3n) is 25.1. The number of amides is 13. The molecule has 22 N–H and O–H groups in total. The Morgan fingerprint density at radius 2 is 0.793 bits per heavy atom. The van der Waals surface area contributed by atoms with E-state index in [1.165, 1.54) is 59.7 Å². The van der Waals surface area contributed by atoms with Crippen LogP contribution < -0.4 is 70.0 Å². The number of rotatable bonds is 27. The van der Waals surface area contributed by atoms with Crippen molar-refractivity contribution in [2.24, 2.45) is 34.6 Å². The highest BCUT2D eigenvalue weighted by molar-refractivity contribution is 7.99. The van der Waals surface area contributed by atoms with E-state index in [0.717, 1.165) is 35.3 Å². The van der Waals surface area contributed by atoms with E-state index in [4.69, 9.17) is 11.5 Å². The molecule has 0 aliphatic carbocycles. The van der Waals surface area contributed by atoms with Crippen LogP contribution in [0.4, 0.5) is 0 Å². The van der Waals surface area contributed by atoms with Gasteiger partial charge in [-0.25, -0.2) is 0 Å². The van der Waals surface area contributed by atoms with Gasteiger partial charge in [0.05, 0.1) is 69.4 Å². The van der Waals surface area contributed by atoms with Crippen molar-refractivity contribution in [3.8, 4) is 5.75 Å². The average molecular weight is 2150 g/mol. The Morgan fingerprint density at radius 1 is 0.380 bits per heavy atom. The molecule has 0 saturated carbocycles. The number of thioether (sulfide) groups is 3. The molecule has 46 nitrogen and oxygen atoms in total. The van der Waals surface area contributed by atoms with Crippen LogP contribution in [0.25, 0.3) is 10.8 Å². The zero-order chi connectivity index (χ0) is 110. The first kappa shape index (κ1) is 121. The second kappa shape index (κ2) is 59.4. The van der Waals surface area contributed by atoms with Gasteiger partial charge in [-0.05, 0) is 94.8 Å². The maximum Gasteiger partial charge on any atom is 0.317 e. The highest BCUT2D eigenvalue weighted by atomic mass is 32.2. The molecule has 5 aromatic carbocycles. The van der Waals surface area contributed by atoms with Crippen molar-refractivity contribution in [3.63, 3.8) is 0 Å². The molecule has 4 bridgehead atoms. The van der Waals surface area contributed by atoms with Gasteiger partial charge in [0.15, 0.2) is 11.6 Å². The van der Waals surface area contributed by atoms with E-state index in [1.54, 1.807) is 117 Å². The lowest BCUT2D eigenvalue weighted by Crippen LogP contribution is -2.61. The van der Waals surface area contributed by atoms with Gasteiger partial charge in [-0.3, -0.25) is 125 Å². The molecule has 0 aromatic heterocycles. The van der Waals surface area contributed by atoms with E-state index < -0.39 is 316 Å². The van der Waals surface area contributed by atoms with E-state index in [-0.39, 0.29) is 105 Å². The van der Waals surface area contributed by atoms with Gasteiger partial charge in [0.1, 0.15) is 65.9 Å². The van der Waals surface area contributed by atoms with Crippen LogP contribution in [0.1, 0.15) is 133 Å². The molecular formula is C101H133N17O29S3. The van der Waals surface area contributed by atoms with Gasteiger partial charge < -0.3 is 106 Å². The van der Waals surface area contributed by atoms with Gasteiger partial charge in [0, 0.05) is 131 Å². The third-order valence-corrected chi connectivity index (χ3v) is 28.6. The summed E-state index contributed by atoms with van der Waals surface area (Å²) in [5.41, 5.74) is 13.1. The Balaban J connectivity index is 1.27. The fourth-order valence-corrected chi connectivity index (χ4v) is 20.2. The Kier molecular flexibility index (Phi) is 48.0. The quantitative estimate of drug-likeness (QED) is 0.0306. The number of carboxylic acid groups (broad SMARTS) is 6. The Morgan fingerprint density at radius 3 is 1.27 bits per heavy atom. The number of Topliss-reactive ketones (excluding diaryl/α,β-unsaturated/α-hetero) is 3. The summed E-state index contributed by atoms with van der Waals surface area (Å²) in [6.45, 7) is 6.66. The van der Waals surface area contributed by atoms with E-state index in [0.29, 0.717) is 38.6 Å². The summed E-state index contributed by atoms with van der Waals surface area (Å²) >= 11 is 3.22. The number of hydrogen-bond acceptors (Lipinski definition) is 30. The molecule has 3 aliphatic heterocycles. The minimum atomic E-state index is -2.10. The van der Waals surface area contributed by atoms with Crippen molar-refractivity contribution in [3.05, 3.63) is 149 Å². The molecule has 3 aliphatic rings. The Labute approximate surface area is 877 Å². The van der Waals surface area contributed by atoms with Crippen molar-refractivity contribution < 1.29 is 141 Å². The number of hydrogen-bond donors (Lipinski definition) is 20. The Hall–Kier alpha value is -14.0. The van der Waals surface area contributed by atoms with Gasteiger partial charge >= 0.3 is 35.8 Å². The molecule has 0 radical (unpaired) electrons. The fraction of sp³-hybridized carbons (Fsp3) is 0.505. The van der Waals surface area contributed by atoms with Crippen molar-refractivity contribution in [2.45, 2.75) is 202 Å². The normalized spacial score (nSPS) is 24.0. The molecule has 3 heterocycles. The molecule has 8 rings (SSSR count). The number of nitrogens with zero attached hydrogens (tertiary/aromatic N) is 4. The van der Waals surface area contributed by atoms with Crippen LogP contribution in [0.2, 0.25) is 0 Å². The van der Waals surface area contributed by atoms with Gasteiger partial charge in [-0.1, -0.05) is 131 Å². The van der Waals surface area contributed by atoms with E-state index >= 15 is 28.8 Å². The number of fused-ring (bicyclic) bond motifs is 6. The summed E-state index contributed by atoms with van der Waals surface area (Å²) in [7, 11) is 0. The zero-order valence-corrected chi connectivity index (χ0v) is 86.5. The van der Waals surface area contributed by atoms with Crippen molar-refractivity contribution in [2.75, 3.05) is 95.8 Å². The van der Waals surface area contributed by atoms with Gasteiger partial charge in [-0.2, -0.15) is 35.3 Å². The molecule has 1 fully saturated rings. The lowest BCUT2D eigenvalue weighted by atomic mass is 9.81. The van der Waals surface area contributed by atoms with Crippen LogP contribution in [0, 0.1) is 23.2 Å². The first-order valence-electron chi connectivity index (χ1n) is 48.8. The van der Waals surface area contributed by atoms with Crippen molar-refractivity contribution in [1.29, 1.82) is 0 Å². The van der Waals surface area contributed by atoms with Crippen molar-refractivity contribution >= 4 is 176 Å². The number of aromatic hydroxyl groups is 1. The first-order valence-corrected chi connectivity index (χ1v) is 52.3. The minimum Gasteiger partial charge on any atom is -0.508 e. The summed E-state index contributed by atoms with van der Waals surface area (Å²) in [5.74, 6) is -30.9. The topological polar surface area (TPSA) is 714 Å². The molecule has 14 atom stereocenters. The minimum absolute atomic E-state index is 0.0116. The smallest absolute Gasteiger partial charge is 0.317 e. The zero-order valence-electron chi connectivity index (χ0n) is 84.0. The maximum absolute atomic E-state index is 15.4. The van der Waals surface area contributed by atoms with Gasteiger partial charge in [0.2, 0.25) is 76.8 Å². The maximum atomic E-state index is 15.4. The summed E-state index contributed by atoms with van der Waals surface area (Å²) in [5, 5.41) is 99.8. The van der Waals surface area contributed by atoms with Crippen LogP contribution in [0.5, 0.6) is 5.75 Å². The molecule has 1 unspecified atom stereocenters. The number of aliphatic carboxylic acids is 6. The summed E-state index contributed by atoms with van der Waals surface area (Å²) in [6, 6.07) is 10.5. The van der Waals surface area contributed by atoms with Crippen LogP contribution in [0.3, 0.4) is 0 Å². The number of nitrogens with two attached hydrogens (primary N) is 2. The standard InChI is InChI=1S/C101H133N17O29S3/c1-7-71-94(141)111-76(44-83(126)127)98(145)110-73(37-58-14-9-8-10-15-58)95(142)109-74(38-59-20-22-68(119)23-21-59)96(143)112-77(45-84(128)129)99(146)114-88(101(4,5)6)80(122)42-66(89(103)136)53-148-50-60-34-61-36-62(35-60)52-150-55-78(100(147)106-71)113-91(138)57(3)104-92(139)65(39-64-18-13-17-63-16-11-12-19-70(63)64)41-79(121)72(24-25-82(124)125)107-97(144)75(43-81(102)123)108-90(137)56(2)105-93(140)67(54-149-51-61)40-69(120)46-115-26-28-116(47-85(130)131)30-32-118(49-87(134)135)33-31-117(29-27-115)48-86(132)133/h8-23,34-36,56-57,65-67,71-78,88,119H,7,24-33,37-55H2,1-6H3,(H2,102,123)(H2,103,136)(H,104,139)(H,105,140)(H,106,147)(H,107,144)(H,108,137)(H,109,142)(H,110,145)(H,111,141)(H,112,143)(H,113,138)(H,114,146)(H,124,125)(H,126,127)(H,128,129)(H,130,131)(H,132,133)(H,134,135)/t56-,57-,65-,66+,67+,71+,72+,73?,74+,75+,76+,77+,78+,88-/m1/s1. The van der Waals surface area contributed by atoms with Crippen LogP contribution in [-0.4, -0.2) is 348 Å². The summed E-state index contributed by atoms with van der Waals surface area (Å²) in [6.07, 6.45) is -8.31. The summed E-state index contributed by atoms with van der Waals surface area (Å²) < 4.78 is 0. The molecule has 814 valence electrons. The van der Waals surface area contributed by atoms with Crippen LogP contribution >= 0.6 is 35.3 Å². The molecule has 1 saturated heterocycles. The molecule has 49 heteroatoms. The molecule has 0 spiro atoms. The number of ketones is 3. The van der Waals surface area contributed by atoms with E-state index in [9.17, 15) is 112 Å². The average Bonchev–Trinajstić information content (AvgIpc) is 0.815. The molecular weight excluding hydrogens is 2010 g/mol. The number of carbonyl (C=O) groups excluding carboxylic acids is 16. The number of benzene rings is 5. The predicted octanol–water partition coefficient (Wildman–Crippen LogP) is -0.794. The monoisotopic (exact) mass is 2140 g/mol. The molecule has 150 heavy (non-hydrogen) atoms. The third kappa shape index (κ3) is 41.1. The van der Waals surface area contributed by atoms with Crippen molar-refractivity contribution in [1.82, 2.24) is 78.1 Å². The number of nitrogens with one attached hydrogen (secondary N) is 11. The number of primary amides is 2. The number of carboxylic acids is 6. The van der Waals surface area contributed by atoms with Crippen LogP contribution in [0.15, 0.2) is 115 Å². The second-order valence-corrected chi connectivity index (χ2v) is 41.5. The lowest BCUT2D eigenvalue weighted by Gasteiger charge is -2.33. The van der Waals surface area contributed by atoms with Gasteiger partial charge in [-0.15, -0.1) is 0 Å². The van der Waals surface area contributed by atoms with E-state index in [2.05, 4.69) is 58.5 Å². The summed E-state index contributed by atoms with van der Waals surface area (Å²) in [4.78, 5) is 317. The van der Waals surface area contributed by atoms with Gasteiger partial charge in [0.25, 0.3) is 0 Å². The number of carbonyl (C=O) groups is 22. The first-order chi connectivity index (χ1) is 70.9. The van der Waals surface area contributed by atoms with E-state index in [1.807, 2.05) is 0 Å². The highest BCUT2D eigenvalue weighted by Crippen LogP contribution is 2.31. The fourth-order valence-electron chi connectivity index (χ4n) is 17.1. The highest BCUT2D eigenvalue weighted by Gasteiger charge is 2.42.